The Hall–Kier alpha value is -1.39. The molecule has 20 heavy (non-hydrogen) atoms. The van der Waals surface area contributed by atoms with Gasteiger partial charge >= 0.3 is 0 Å². The van der Waals surface area contributed by atoms with E-state index in [2.05, 4.69) is 43.0 Å². The molecule has 1 aliphatic rings. The third kappa shape index (κ3) is 3.38. The summed E-state index contributed by atoms with van der Waals surface area (Å²) in [6.45, 7) is 9.45. The van der Waals surface area contributed by atoms with Crippen LogP contribution in [0.15, 0.2) is 30.3 Å². The summed E-state index contributed by atoms with van der Waals surface area (Å²) >= 11 is 0. The first-order valence-corrected chi connectivity index (χ1v) is 7.23. The molecule has 4 heteroatoms. The highest BCUT2D eigenvalue weighted by Crippen LogP contribution is 2.23. The van der Waals surface area contributed by atoms with Crippen molar-refractivity contribution in [3.8, 4) is 0 Å². The van der Waals surface area contributed by atoms with E-state index >= 15 is 0 Å². The number of rotatable bonds is 3. The van der Waals surface area contributed by atoms with Crippen LogP contribution in [0.5, 0.6) is 0 Å². The zero-order valence-electron chi connectivity index (χ0n) is 12.7. The van der Waals surface area contributed by atoms with Gasteiger partial charge < -0.3 is 10.6 Å². The van der Waals surface area contributed by atoms with E-state index in [0.29, 0.717) is 0 Å². The lowest BCUT2D eigenvalue weighted by Crippen LogP contribution is -2.61. The first-order valence-electron chi connectivity index (χ1n) is 7.23. The molecule has 1 aliphatic heterocycles. The molecule has 0 bridgehead atoms. The average Bonchev–Trinajstić information content (AvgIpc) is 2.41. The third-order valence-electron chi connectivity index (χ3n) is 3.99. The van der Waals surface area contributed by atoms with Gasteiger partial charge in [-0.25, -0.2) is 0 Å². The number of nitrogens with two attached hydrogens (primary N) is 1. The molecule has 2 N–H and O–H groups in total. The summed E-state index contributed by atoms with van der Waals surface area (Å²) in [5.41, 5.74) is 6.99. The van der Waals surface area contributed by atoms with Gasteiger partial charge in [0.2, 0.25) is 5.91 Å². The molecule has 1 saturated heterocycles. The summed E-state index contributed by atoms with van der Waals surface area (Å²) < 4.78 is 0. The van der Waals surface area contributed by atoms with Gasteiger partial charge in [-0.2, -0.15) is 0 Å². The molecule has 1 amide bonds. The van der Waals surface area contributed by atoms with Crippen molar-refractivity contribution in [2.75, 3.05) is 19.6 Å². The van der Waals surface area contributed by atoms with E-state index in [9.17, 15) is 4.79 Å². The van der Waals surface area contributed by atoms with E-state index in [0.717, 1.165) is 26.2 Å². The second-order valence-electron chi connectivity index (χ2n) is 6.27. The van der Waals surface area contributed by atoms with Gasteiger partial charge in [0.05, 0.1) is 6.04 Å². The number of amides is 1. The van der Waals surface area contributed by atoms with Crippen molar-refractivity contribution in [3.63, 3.8) is 0 Å². The molecule has 0 aromatic heterocycles. The molecule has 1 aromatic carbocycles. The quantitative estimate of drug-likeness (QED) is 0.908. The number of benzene rings is 1. The number of piperazine rings is 1. The maximum absolute atomic E-state index is 12.0. The van der Waals surface area contributed by atoms with Crippen LogP contribution in [0.25, 0.3) is 0 Å². The van der Waals surface area contributed by atoms with Crippen molar-refractivity contribution in [2.24, 2.45) is 5.73 Å². The molecular formula is C16H25N3O. The normalized spacial score (nSPS) is 20.7. The minimum atomic E-state index is -0.411. The maximum Gasteiger partial charge on any atom is 0.239 e. The van der Waals surface area contributed by atoms with E-state index in [1.54, 1.807) is 6.92 Å². The lowest BCUT2D eigenvalue weighted by molar-refractivity contribution is -0.137. The van der Waals surface area contributed by atoms with Crippen molar-refractivity contribution < 1.29 is 4.79 Å². The Morgan fingerprint density at radius 3 is 2.50 bits per heavy atom. The van der Waals surface area contributed by atoms with Crippen molar-refractivity contribution in [1.29, 1.82) is 0 Å². The van der Waals surface area contributed by atoms with Gasteiger partial charge in [-0.15, -0.1) is 0 Å². The molecule has 1 heterocycles. The number of nitrogens with zero attached hydrogens (tertiary/aromatic N) is 2. The van der Waals surface area contributed by atoms with Gasteiger partial charge in [-0.3, -0.25) is 9.69 Å². The Morgan fingerprint density at radius 1 is 1.30 bits per heavy atom. The lowest BCUT2D eigenvalue weighted by Gasteiger charge is -2.47. The highest BCUT2D eigenvalue weighted by atomic mass is 16.2. The topological polar surface area (TPSA) is 49.6 Å². The number of hydrogen-bond donors (Lipinski definition) is 1. The molecule has 1 atom stereocenters. The molecule has 110 valence electrons. The van der Waals surface area contributed by atoms with Gasteiger partial charge in [0.15, 0.2) is 0 Å². The van der Waals surface area contributed by atoms with Crippen LogP contribution >= 0.6 is 0 Å². The number of carbonyl (C=O) groups excluding carboxylic acids is 1. The average molecular weight is 275 g/mol. The Kier molecular flexibility index (Phi) is 4.45. The molecule has 0 aliphatic carbocycles. The Bertz CT molecular complexity index is 456. The SMILES string of the molecule is CC(N)C(=O)N1CCN(Cc2ccccc2)C(C)(C)C1. The Labute approximate surface area is 121 Å². The fourth-order valence-electron chi connectivity index (χ4n) is 2.76. The second-order valence-corrected chi connectivity index (χ2v) is 6.27. The summed E-state index contributed by atoms with van der Waals surface area (Å²) in [6.07, 6.45) is 0. The van der Waals surface area contributed by atoms with Crippen LogP contribution in [0.3, 0.4) is 0 Å². The van der Waals surface area contributed by atoms with Gasteiger partial charge in [0.1, 0.15) is 0 Å². The third-order valence-corrected chi connectivity index (χ3v) is 3.99. The zero-order chi connectivity index (χ0) is 14.8. The van der Waals surface area contributed by atoms with E-state index < -0.39 is 6.04 Å². The van der Waals surface area contributed by atoms with Crippen LogP contribution in [0, 0.1) is 0 Å². The summed E-state index contributed by atoms with van der Waals surface area (Å²) in [6, 6.07) is 10.1. The molecule has 0 spiro atoms. The van der Waals surface area contributed by atoms with E-state index in [4.69, 9.17) is 5.73 Å². The molecule has 1 fully saturated rings. The first-order chi connectivity index (χ1) is 9.40. The standard InChI is InChI=1S/C16H25N3O/c1-13(17)15(20)18-9-10-19(16(2,3)12-18)11-14-7-5-4-6-8-14/h4-8,13H,9-12,17H2,1-3H3. The molecule has 1 unspecified atom stereocenters. The van der Waals surface area contributed by atoms with E-state index in [1.165, 1.54) is 5.56 Å². The van der Waals surface area contributed by atoms with Crippen LogP contribution in [-0.2, 0) is 11.3 Å². The minimum absolute atomic E-state index is 0.0291. The number of hydrogen-bond acceptors (Lipinski definition) is 3. The summed E-state index contributed by atoms with van der Waals surface area (Å²) in [4.78, 5) is 16.4. The van der Waals surface area contributed by atoms with Crippen molar-refractivity contribution in [2.45, 2.75) is 38.9 Å². The molecular weight excluding hydrogens is 250 g/mol. The zero-order valence-corrected chi connectivity index (χ0v) is 12.7. The van der Waals surface area contributed by atoms with E-state index in [-0.39, 0.29) is 11.4 Å². The van der Waals surface area contributed by atoms with Gasteiger partial charge in [0, 0.05) is 31.7 Å². The highest BCUT2D eigenvalue weighted by molar-refractivity contribution is 5.81. The van der Waals surface area contributed by atoms with Crippen LogP contribution in [0.2, 0.25) is 0 Å². The predicted molar refractivity (Wildman–Crippen MR) is 81.2 cm³/mol. The van der Waals surface area contributed by atoms with Gasteiger partial charge in [-0.1, -0.05) is 30.3 Å². The van der Waals surface area contributed by atoms with E-state index in [1.807, 2.05) is 11.0 Å². The fourth-order valence-corrected chi connectivity index (χ4v) is 2.76. The summed E-state index contributed by atoms with van der Waals surface area (Å²) in [5.74, 6) is 0.0532. The maximum atomic E-state index is 12.0. The van der Waals surface area contributed by atoms with Gasteiger partial charge in [0.25, 0.3) is 0 Å². The highest BCUT2D eigenvalue weighted by Gasteiger charge is 2.35. The van der Waals surface area contributed by atoms with Crippen molar-refractivity contribution in [1.82, 2.24) is 9.80 Å². The Balaban J connectivity index is 2.03. The minimum Gasteiger partial charge on any atom is -0.338 e. The van der Waals surface area contributed by atoms with Crippen LogP contribution in [0.4, 0.5) is 0 Å². The van der Waals surface area contributed by atoms with Crippen molar-refractivity contribution in [3.05, 3.63) is 35.9 Å². The molecule has 0 radical (unpaired) electrons. The van der Waals surface area contributed by atoms with Crippen LogP contribution < -0.4 is 5.73 Å². The molecule has 1 aromatic rings. The van der Waals surface area contributed by atoms with Crippen LogP contribution in [0.1, 0.15) is 26.3 Å². The second kappa shape index (κ2) is 5.94. The number of carbonyl (C=O) groups is 1. The lowest BCUT2D eigenvalue weighted by atomic mass is 9.97. The molecule has 4 nitrogen and oxygen atoms in total. The first kappa shape index (κ1) is 15.0. The summed E-state index contributed by atoms with van der Waals surface area (Å²) in [5, 5.41) is 0. The fraction of sp³-hybridized carbons (Fsp3) is 0.562. The van der Waals surface area contributed by atoms with Crippen LogP contribution in [-0.4, -0.2) is 46.9 Å². The molecule has 2 rings (SSSR count). The largest absolute Gasteiger partial charge is 0.338 e. The van der Waals surface area contributed by atoms with Gasteiger partial charge in [-0.05, 0) is 26.3 Å². The molecule has 0 saturated carbocycles. The summed E-state index contributed by atoms with van der Waals surface area (Å²) in [7, 11) is 0. The smallest absolute Gasteiger partial charge is 0.239 e. The Morgan fingerprint density at radius 2 is 1.95 bits per heavy atom. The monoisotopic (exact) mass is 275 g/mol. The van der Waals surface area contributed by atoms with Crippen molar-refractivity contribution >= 4 is 5.91 Å². The predicted octanol–water partition coefficient (Wildman–Crippen LogP) is 1.46.